The summed E-state index contributed by atoms with van der Waals surface area (Å²) in [5, 5.41) is 8.74. The van der Waals surface area contributed by atoms with E-state index in [4.69, 9.17) is 5.84 Å². The molecule has 28 heavy (non-hydrogen) atoms. The van der Waals surface area contributed by atoms with E-state index < -0.39 is 0 Å². The number of aromatic amines is 1. The minimum Gasteiger partial charge on any atom is -0.336 e. The molecule has 0 amide bonds. The zero-order valence-electron chi connectivity index (χ0n) is 15.0. The fourth-order valence-corrected chi connectivity index (χ4v) is 3.85. The Morgan fingerprint density at radius 1 is 1.11 bits per heavy atom. The van der Waals surface area contributed by atoms with Crippen molar-refractivity contribution in [1.82, 2.24) is 24.4 Å². The largest absolute Gasteiger partial charge is 0.336 e. The highest BCUT2D eigenvalue weighted by molar-refractivity contribution is 7.99. The molecule has 0 bridgehead atoms. The number of aromatic nitrogens is 5. The SMILES string of the molecule is Nn1c(Cc2ccccc2F)nnc1SCCCn1c(=O)[nH]c2ccccc21. The van der Waals surface area contributed by atoms with Crippen LogP contribution in [0, 0.1) is 5.82 Å². The van der Waals surface area contributed by atoms with Crippen LogP contribution in [0.4, 0.5) is 4.39 Å². The predicted molar refractivity (Wildman–Crippen MR) is 107 cm³/mol. The van der Waals surface area contributed by atoms with Gasteiger partial charge < -0.3 is 10.8 Å². The number of H-pyrrole nitrogens is 1. The van der Waals surface area contributed by atoms with Gasteiger partial charge in [0.15, 0.2) is 5.82 Å². The molecule has 0 spiro atoms. The van der Waals surface area contributed by atoms with Gasteiger partial charge in [0.1, 0.15) is 5.82 Å². The lowest BCUT2D eigenvalue weighted by atomic mass is 10.1. The molecule has 0 aliphatic rings. The molecule has 0 aliphatic heterocycles. The molecule has 7 nitrogen and oxygen atoms in total. The molecule has 0 radical (unpaired) electrons. The number of nitrogens with one attached hydrogen (secondary N) is 1. The summed E-state index contributed by atoms with van der Waals surface area (Å²) in [6.45, 7) is 0.594. The Hall–Kier alpha value is -3.07. The number of nitrogens with two attached hydrogens (primary N) is 1. The topological polar surface area (TPSA) is 94.5 Å². The van der Waals surface area contributed by atoms with Crippen LogP contribution in [-0.4, -0.2) is 30.2 Å². The van der Waals surface area contributed by atoms with Crippen LogP contribution < -0.4 is 11.5 Å². The van der Waals surface area contributed by atoms with Gasteiger partial charge in [0.2, 0.25) is 5.16 Å². The third-order valence-corrected chi connectivity index (χ3v) is 5.51. The van der Waals surface area contributed by atoms with E-state index in [0.717, 1.165) is 23.2 Å². The van der Waals surface area contributed by atoms with E-state index in [1.165, 1.54) is 22.5 Å². The predicted octanol–water partition coefficient (Wildman–Crippen LogP) is 2.55. The Morgan fingerprint density at radius 2 is 1.89 bits per heavy atom. The number of rotatable bonds is 7. The molecular weight excluding hydrogens is 379 g/mol. The first-order valence-corrected chi connectivity index (χ1v) is 9.85. The molecule has 3 N–H and O–H groups in total. The summed E-state index contributed by atoms with van der Waals surface area (Å²) in [5.74, 6) is 7.00. The maximum absolute atomic E-state index is 13.8. The zero-order chi connectivity index (χ0) is 19.5. The number of imidazole rings is 1. The van der Waals surface area contributed by atoms with Crippen molar-refractivity contribution in [3.8, 4) is 0 Å². The summed E-state index contributed by atoms with van der Waals surface area (Å²) in [6.07, 6.45) is 1.05. The second kappa shape index (κ2) is 7.89. The van der Waals surface area contributed by atoms with Crippen molar-refractivity contribution in [2.75, 3.05) is 11.6 Å². The van der Waals surface area contributed by atoms with Gasteiger partial charge in [-0.2, -0.15) is 0 Å². The van der Waals surface area contributed by atoms with Crippen LogP contribution in [0.25, 0.3) is 11.0 Å². The van der Waals surface area contributed by atoms with Crippen molar-refractivity contribution in [2.24, 2.45) is 0 Å². The van der Waals surface area contributed by atoms with Gasteiger partial charge in [0.05, 0.1) is 11.0 Å². The molecule has 4 aromatic rings. The Kier molecular flexibility index (Phi) is 5.16. The number of halogens is 1. The van der Waals surface area contributed by atoms with Gasteiger partial charge in [-0.25, -0.2) is 13.9 Å². The molecule has 0 fully saturated rings. The van der Waals surface area contributed by atoms with E-state index in [1.807, 2.05) is 24.3 Å². The lowest BCUT2D eigenvalue weighted by Gasteiger charge is -2.05. The maximum atomic E-state index is 13.8. The Bertz CT molecular complexity index is 1160. The third kappa shape index (κ3) is 3.65. The van der Waals surface area contributed by atoms with Gasteiger partial charge in [-0.15, -0.1) is 10.2 Å². The molecular formula is C19H19FN6OS. The highest BCUT2D eigenvalue weighted by atomic mass is 32.2. The summed E-state index contributed by atoms with van der Waals surface area (Å²) in [7, 11) is 0. The minimum absolute atomic E-state index is 0.111. The molecule has 0 aliphatic carbocycles. The van der Waals surface area contributed by atoms with E-state index in [-0.39, 0.29) is 17.9 Å². The number of hydrogen-bond donors (Lipinski definition) is 2. The number of thioether (sulfide) groups is 1. The molecule has 4 rings (SSSR count). The van der Waals surface area contributed by atoms with Crippen molar-refractivity contribution in [3.63, 3.8) is 0 Å². The van der Waals surface area contributed by atoms with E-state index >= 15 is 0 Å². The molecule has 2 aromatic heterocycles. The van der Waals surface area contributed by atoms with Crippen LogP contribution in [0.15, 0.2) is 58.5 Å². The van der Waals surface area contributed by atoms with Crippen LogP contribution in [0.2, 0.25) is 0 Å². The lowest BCUT2D eigenvalue weighted by Crippen LogP contribution is -2.17. The number of nitrogens with zero attached hydrogens (tertiary/aromatic N) is 4. The molecule has 144 valence electrons. The second-order valence-electron chi connectivity index (χ2n) is 6.34. The maximum Gasteiger partial charge on any atom is 0.326 e. The average Bonchev–Trinajstić information content (AvgIpc) is 3.20. The van der Waals surface area contributed by atoms with Crippen molar-refractivity contribution in [1.29, 1.82) is 0 Å². The molecule has 0 atom stereocenters. The van der Waals surface area contributed by atoms with Gasteiger partial charge in [-0.1, -0.05) is 42.1 Å². The number of fused-ring (bicyclic) bond motifs is 1. The van der Waals surface area contributed by atoms with Gasteiger partial charge in [0, 0.05) is 18.7 Å². The summed E-state index contributed by atoms with van der Waals surface area (Å²) in [4.78, 5) is 14.9. The molecule has 9 heteroatoms. The lowest BCUT2D eigenvalue weighted by molar-refractivity contribution is 0.610. The highest BCUT2D eigenvalue weighted by Gasteiger charge is 2.13. The molecule has 0 saturated heterocycles. The van der Waals surface area contributed by atoms with Crippen LogP contribution in [-0.2, 0) is 13.0 Å². The average molecular weight is 398 g/mol. The van der Waals surface area contributed by atoms with E-state index in [9.17, 15) is 9.18 Å². The van der Waals surface area contributed by atoms with Crippen molar-refractivity contribution < 1.29 is 4.39 Å². The molecule has 2 heterocycles. The molecule has 2 aromatic carbocycles. The van der Waals surface area contributed by atoms with Crippen LogP contribution >= 0.6 is 11.8 Å². The highest BCUT2D eigenvalue weighted by Crippen LogP contribution is 2.19. The van der Waals surface area contributed by atoms with Crippen LogP contribution in [0.1, 0.15) is 17.8 Å². The van der Waals surface area contributed by atoms with E-state index in [1.54, 1.807) is 22.8 Å². The first-order chi connectivity index (χ1) is 13.6. The Labute approximate surface area is 164 Å². The van der Waals surface area contributed by atoms with Gasteiger partial charge in [0.25, 0.3) is 0 Å². The number of para-hydroxylation sites is 2. The standard InChI is InChI=1S/C19H19FN6OS/c20-14-7-2-1-6-13(14)12-17-23-24-19(26(17)21)28-11-5-10-25-16-9-4-3-8-15(16)22-18(25)27/h1-4,6-9H,5,10-12,21H2,(H,22,27). The smallest absolute Gasteiger partial charge is 0.326 e. The van der Waals surface area contributed by atoms with Gasteiger partial charge in [-0.3, -0.25) is 4.57 Å². The van der Waals surface area contributed by atoms with Gasteiger partial charge >= 0.3 is 5.69 Å². The van der Waals surface area contributed by atoms with Crippen LogP contribution in [0.3, 0.4) is 0 Å². The minimum atomic E-state index is -0.288. The van der Waals surface area contributed by atoms with E-state index in [0.29, 0.717) is 23.1 Å². The van der Waals surface area contributed by atoms with Gasteiger partial charge in [-0.05, 0) is 30.2 Å². The number of aryl methyl sites for hydroxylation is 1. The molecule has 0 saturated carbocycles. The fourth-order valence-electron chi connectivity index (χ4n) is 3.05. The summed E-state index contributed by atoms with van der Waals surface area (Å²) in [6, 6.07) is 14.1. The first kappa shape index (κ1) is 18.3. The van der Waals surface area contributed by atoms with Crippen LogP contribution in [0.5, 0.6) is 0 Å². The fraction of sp³-hybridized carbons (Fsp3) is 0.211. The van der Waals surface area contributed by atoms with Crippen molar-refractivity contribution >= 4 is 22.8 Å². The summed E-state index contributed by atoms with van der Waals surface area (Å²) < 4.78 is 16.9. The monoisotopic (exact) mass is 398 g/mol. The summed E-state index contributed by atoms with van der Waals surface area (Å²) >= 11 is 1.46. The Morgan fingerprint density at radius 3 is 2.75 bits per heavy atom. The third-order valence-electron chi connectivity index (χ3n) is 4.48. The number of nitrogen functional groups attached to an aromatic ring is 1. The number of benzene rings is 2. The van der Waals surface area contributed by atoms with E-state index in [2.05, 4.69) is 15.2 Å². The first-order valence-electron chi connectivity index (χ1n) is 8.86. The zero-order valence-corrected chi connectivity index (χ0v) is 15.8. The quantitative estimate of drug-likeness (QED) is 0.283. The Balaban J connectivity index is 1.37. The molecule has 0 unspecified atom stereocenters. The number of hydrogen-bond acceptors (Lipinski definition) is 5. The normalized spacial score (nSPS) is 11.3. The summed E-state index contributed by atoms with van der Waals surface area (Å²) in [5.41, 5.74) is 2.14. The second-order valence-corrected chi connectivity index (χ2v) is 7.40. The van der Waals surface area contributed by atoms with Crippen molar-refractivity contribution in [3.05, 3.63) is 76.2 Å². The van der Waals surface area contributed by atoms with Crippen molar-refractivity contribution in [2.45, 2.75) is 24.5 Å².